The van der Waals surface area contributed by atoms with Crippen LogP contribution in [0.25, 0.3) is 0 Å². The fourth-order valence-electron chi connectivity index (χ4n) is 1.63. The van der Waals surface area contributed by atoms with E-state index in [-0.39, 0.29) is 5.69 Å². The molecule has 20 heavy (non-hydrogen) atoms. The predicted octanol–water partition coefficient (Wildman–Crippen LogP) is 1.13. The van der Waals surface area contributed by atoms with Crippen LogP contribution >= 0.6 is 15.9 Å². The molecule has 0 saturated carbocycles. The molecular formula is C12H11BrN4O3. The van der Waals surface area contributed by atoms with Crippen LogP contribution in [0.4, 0.5) is 0 Å². The van der Waals surface area contributed by atoms with E-state index in [9.17, 15) is 14.7 Å². The maximum Gasteiger partial charge on any atom is 0.331 e. The summed E-state index contributed by atoms with van der Waals surface area (Å²) in [7, 11) is 1.67. The lowest BCUT2D eigenvalue weighted by Gasteiger charge is -2.13. The monoisotopic (exact) mass is 338 g/mol. The first-order valence-electron chi connectivity index (χ1n) is 5.61. The van der Waals surface area contributed by atoms with Crippen LogP contribution in [0.15, 0.2) is 35.2 Å². The first-order valence-corrected chi connectivity index (χ1v) is 6.41. The third-order valence-electron chi connectivity index (χ3n) is 2.55. The minimum absolute atomic E-state index is 0.127. The van der Waals surface area contributed by atoms with Gasteiger partial charge in [-0.05, 0) is 28.1 Å². The smallest absolute Gasteiger partial charge is 0.331 e. The van der Waals surface area contributed by atoms with Crippen molar-refractivity contribution in [3.8, 4) is 0 Å². The molecule has 8 heteroatoms. The molecule has 0 radical (unpaired) electrons. The zero-order chi connectivity index (χ0) is 14.7. The lowest BCUT2D eigenvalue weighted by Crippen LogP contribution is -2.34. The van der Waals surface area contributed by atoms with Gasteiger partial charge in [-0.2, -0.15) is 5.10 Å². The van der Waals surface area contributed by atoms with Crippen molar-refractivity contribution in [2.45, 2.75) is 6.04 Å². The maximum atomic E-state index is 12.1. The van der Waals surface area contributed by atoms with Crippen LogP contribution in [0.1, 0.15) is 22.1 Å². The molecule has 0 bridgehead atoms. The minimum Gasteiger partial charge on any atom is -0.479 e. The van der Waals surface area contributed by atoms with Crippen LogP contribution in [0.3, 0.4) is 0 Å². The Labute approximate surface area is 122 Å². The number of carboxylic acid groups (broad SMARTS) is 1. The van der Waals surface area contributed by atoms with Gasteiger partial charge in [0.1, 0.15) is 5.69 Å². The molecule has 1 atom stereocenters. The van der Waals surface area contributed by atoms with E-state index in [0.717, 1.165) is 0 Å². The Kier molecular flexibility index (Phi) is 4.14. The van der Waals surface area contributed by atoms with Crippen molar-refractivity contribution < 1.29 is 14.7 Å². The summed E-state index contributed by atoms with van der Waals surface area (Å²) < 4.78 is 1.96. The number of hydrogen-bond acceptors (Lipinski definition) is 4. The van der Waals surface area contributed by atoms with Gasteiger partial charge in [-0.15, -0.1) is 0 Å². The second-order valence-electron chi connectivity index (χ2n) is 4.03. The van der Waals surface area contributed by atoms with Crippen molar-refractivity contribution in [2.24, 2.45) is 7.05 Å². The van der Waals surface area contributed by atoms with E-state index in [0.29, 0.717) is 10.0 Å². The van der Waals surface area contributed by atoms with E-state index in [1.54, 1.807) is 19.2 Å². The van der Waals surface area contributed by atoms with Gasteiger partial charge >= 0.3 is 5.97 Å². The van der Waals surface area contributed by atoms with E-state index >= 15 is 0 Å². The highest BCUT2D eigenvalue weighted by atomic mass is 79.9. The molecule has 0 aromatic carbocycles. The number of carboxylic acids is 1. The van der Waals surface area contributed by atoms with E-state index in [1.165, 1.54) is 23.3 Å². The molecule has 2 aromatic heterocycles. The highest BCUT2D eigenvalue weighted by Crippen LogP contribution is 2.16. The summed E-state index contributed by atoms with van der Waals surface area (Å²) in [5, 5.41) is 15.5. The molecule has 0 aliphatic carbocycles. The van der Waals surface area contributed by atoms with Crippen molar-refractivity contribution in [1.29, 1.82) is 0 Å². The zero-order valence-electron chi connectivity index (χ0n) is 10.4. The molecule has 2 N–H and O–H groups in total. The number of aromatic nitrogens is 3. The molecule has 0 fully saturated rings. The van der Waals surface area contributed by atoms with Crippen LogP contribution in [0.2, 0.25) is 0 Å². The van der Waals surface area contributed by atoms with Crippen molar-refractivity contribution in [3.05, 3.63) is 46.5 Å². The fraction of sp³-hybridized carbons (Fsp3) is 0.167. The third kappa shape index (κ3) is 3.02. The molecule has 104 valence electrons. The molecule has 1 unspecified atom stereocenters. The Morgan fingerprint density at radius 1 is 1.50 bits per heavy atom. The van der Waals surface area contributed by atoms with Crippen molar-refractivity contribution in [2.75, 3.05) is 0 Å². The fourth-order valence-corrected chi connectivity index (χ4v) is 2.06. The summed E-state index contributed by atoms with van der Waals surface area (Å²) in [6.45, 7) is 0. The predicted molar refractivity (Wildman–Crippen MR) is 73.0 cm³/mol. The number of pyridine rings is 1. The molecule has 2 rings (SSSR count). The average Bonchev–Trinajstić information content (AvgIpc) is 2.82. The van der Waals surface area contributed by atoms with Crippen LogP contribution in [0, 0.1) is 0 Å². The minimum atomic E-state index is -1.18. The van der Waals surface area contributed by atoms with Gasteiger partial charge in [-0.25, -0.2) is 9.78 Å². The standard InChI is InChI=1S/C12H11BrN4O3/c1-17-6-7(5-15-17)9(12(19)20)16-11(18)10-8(13)3-2-4-14-10/h2-6,9H,1H3,(H,16,18)(H,19,20). The van der Waals surface area contributed by atoms with Gasteiger partial charge in [0.05, 0.1) is 6.20 Å². The second kappa shape index (κ2) is 5.83. The van der Waals surface area contributed by atoms with Gasteiger partial charge in [-0.3, -0.25) is 9.48 Å². The summed E-state index contributed by atoms with van der Waals surface area (Å²) in [5.41, 5.74) is 0.517. The lowest BCUT2D eigenvalue weighted by atomic mass is 10.1. The summed E-state index contributed by atoms with van der Waals surface area (Å²) >= 11 is 3.20. The number of nitrogens with zero attached hydrogens (tertiary/aromatic N) is 3. The van der Waals surface area contributed by atoms with E-state index < -0.39 is 17.9 Å². The van der Waals surface area contributed by atoms with E-state index in [1.807, 2.05) is 0 Å². The molecule has 0 saturated heterocycles. The number of nitrogens with one attached hydrogen (secondary N) is 1. The largest absolute Gasteiger partial charge is 0.479 e. The molecule has 0 spiro atoms. The Hall–Kier alpha value is -2.22. The Balaban J connectivity index is 2.23. The lowest BCUT2D eigenvalue weighted by molar-refractivity contribution is -0.139. The Morgan fingerprint density at radius 2 is 2.25 bits per heavy atom. The first kappa shape index (κ1) is 14.2. The van der Waals surface area contributed by atoms with Gasteiger partial charge < -0.3 is 10.4 Å². The van der Waals surface area contributed by atoms with Gasteiger partial charge in [0.25, 0.3) is 5.91 Å². The summed E-state index contributed by atoms with van der Waals surface area (Å²) in [6.07, 6.45) is 4.39. The highest BCUT2D eigenvalue weighted by Gasteiger charge is 2.25. The molecular weight excluding hydrogens is 328 g/mol. The Bertz CT molecular complexity index is 656. The van der Waals surface area contributed by atoms with Gasteiger partial charge in [0, 0.05) is 29.5 Å². The quantitative estimate of drug-likeness (QED) is 0.870. The van der Waals surface area contributed by atoms with Crippen LogP contribution < -0.4 is 5.32 Å². The number of halogens is 1. The highest BCUT2D eigenvalue weighted by molar-refractivity contribution is 9.10. The zero-order valence-corrected chi connectivity index (χ0v) is 12.0. The van der Waals surface area contributed by atoms with Gasteiger partial charge in [0.2, 0.25) is 0 Å². The summed E-state index contributed by atoms with van der Waals surface area (Å²) in [4.78, 5) is 27.3. The van der Waals surface area contributed by atoms with Crippen LogP contribution in [-0.2, 0) is 11.8 Å². The number of rotatable bonds is 4. The topological polar surface area (TPSA) is 97.1 Å². The Morgan fingerprint density at radius 3 is 2.80 bits per heavy atom. The van der Waals surface area contributed by atoms with Crippen molar-refractivity contribution in [3.63, 3.8) is 0 Å². The summed E-state index contributed by atoms with van der Waals surface area (Å²) in [5.74, 6) is -1.74. The van der Waals surface area contributed by atoms with Crippen LogP contribution in [0.5, 0.6) is 0 Å². The van der Waals surface area contributed by atoms with E-state index in [4.69, 9.17) is 0 Å². The number of carbonyl (C=O) groups excluding carboxylic acids is 1. The number of hydrogen-bond donors (Lipinski definition) is 2. The molecule has 2 aromatic rings. The first-order chi connectivity index (χ1) is 9.49. The molecule has 1 amide bonds. The van der Waals surface area contributed by atoms with Gasteiger partial charge in [0.15, 0.2) is 6.04 Å². The molecule has 7 nitrogen and oxygen atoms in total. The van der Waals surface area contributed by atoms with Crippen LogP contribution in [-0.4, -0.2) is 31.7 Å². The third-order valence-corrected chi connectivity index (χ3v) is 3.19. The van der Waals surface area contributed by atoms with Crippen molar-refractivity contribution in [1.82, 2.24) is 20.1 Å². The van der Waals surface area contributed by atoms with Crippen molar-refractivity contribution >= 4 is 27.8 Å². The number of aliphatic carboxylic acids is 1. The average molecular weight is 339 g/mol. The molecule has 2 heterocycles. The normalized spacial score (nSPS) is 11.9. The number of aryl methyl sites for hydroxylation is 1. The molecule has 0 aliphatic heterocycles. The summed E-state index contributed by atoms with van der Waals surface area (Å²) in [6, 6.07) is 2.14. The number of amides is 1. The SMILES string of the molecule is Cn1cc(C(NC(=O)c2ncccc2Br)C(=O)O)cn1. The second-order valence-corrected chi connectivity index (χ2v) is 4.88. The molecule has 0 aliphatic rings. The van der Waals surface area contributed by atoms with Gasteiger partial charge in [-0.1, -0.05) is 0 Å². The van der Waals surface area contributed by atoms with E-state index in [2.05, 4.69) is 31.3 Å². The maximum absolute atomic E-state index is 12.1. The number of carbonyl (C=O) groups is 2.